The second kappa shape index (κ2) is 7.17. The quantitative estimate of drug-likeness (QED) is 0.731. The topological polar surface area (TPSA) is 77.3 Å². The molecule has 1 aromatic heterocycles. The van der Waals surface area contributed by atoms with Crippen LogP contribution in [0.5, 0.6) is 5.75 Å². The van der Waals surface area contributed by atoms with Crippen molar-refractivity contribution in [3.05, 3.63) is 65.0 Å². The summed E-state index contributed by atoms with van der Waals surface area (Å²) in [4.78, 5) is 16.8. The van der Waals surface area contributed by atoms with Crippen LogP contribution in [0.3, 0.4) is 0 Å². The highest BCUT2D eigenvalue weighted by molar-refractivity contribution is 6.30. The molecule has 3 aromatic rings. The van der Waals surface area contributed by atoms with E-state index in [4.69, 9.17) is 20.9 Å². The molecule has 2 aromatic carbocycles. The fraction of sp³-hybridized carbons (Fsp3) is 0.211. The zero-order chi connectivity index (χ0) is 18.7. The Kier molecular flexibility index (Phi) is 4.95. The Morgan fingerprint density at radius 1 is 1.12 bits per heavy atom. The van der Waals surface area contributed by atoms with Gasteiger partial charge in [0.15, 0.2) is 0 Å². The monoisotopic (exact) mass is 371 g/mol. The first-order chi connectivity index (χ1) is 12.4. The van der Waals surface area contributed by atoms with Gasteiger partial charge in [-0.3, -0.25) is 4.79 Å². The van der Waals surface area contributed by atoms with E-state index < -0.39 is 5.54 Å². The molecule has 6 nitrogen and oxygen atoms in total. The smallest absolute Gasteiger partial charge is 0.252 e. The van der Waals surface area contributed by atoms with Crippen LogP contribution in [-0.2, 0) is 5.54 Å². The number of rotatable bonds is 5. The predicted octanol–water partition coefficient (Wildman–Crippen LogP) is 4.06. The number of carbonyl (C=O) groups excluding carboxylic acids is 1. The lowest BCUT2D eigenvalue weighted by atomic mass is 10.0. The molecule has 0 saturated heterocycles. The van der Waals surface area contributed by atoms with Gasteiger partial charge >= 0.3 is 0 Å². The summed E-state index contributed by atoms with van der Waals surface area (Å²) in [5.74, 6) is 1.24. The molecule has 0 aliphatic heterocycles. The minimum Gasteiger partial charge on any atom is -0.497 e. The van der Waals surface area contributed by atoms with E-state index in [-0.39, 0.29) is 5.91 Å². The van der Waals surface area contributed by atoms with E-state index in [1.165, 1.54) is 0 Å². The standard InChI is InChI=1S/C19H18ClN3O3/c1-19(2,22-17(24)13-4-8-14(20)9-5-13)18-21-16(23-26-18)12-6-10-15(25-3)11-7-12/h4-11H,1-3H3,(H,22,24). The molecule has 0 aliphatic rings. The van der Waals surface area contributed by atoms with Crippen molar-refractivity contribution in [2.75, 3.05) is 7.11 Å². The van der Waals surface area contributed by atoms with Crippen molar-refractivity contribution in [1.82, 2.24) is 15.5 Å². The molecule has 0 aliphatic carbocycles. The molecule has 0 spiro atoms. The van der Waals surface area contributed by atoms with Crippen molar-refractivity contribution in [2.45, 2.75) is 19.4 Å². The van der Waals surface area contributed by atoms with Crippen LogP contribution in [0.1, 0.15) is 30.1 Å². The van der Waals surface area contributed by atoms with Gasteiger partial charge in [0.25, 0.3) is 11.8 Å². The summed E-state index contributed by atoms with van der Waals surface area (Å²) < 4.78 is 10.5. The van der Waals surface area contributed by atoms with Gasteiger partial charge in [-0.2, -0.15) is 4.98 Å². The Balaban J connectivity index is 1.77. The Bertz CT molecular complexity index is 903. The van der Waals surface area contributed by atoms with E-state index in [2.05, 4.69) is 15.5 Å². The number of carbonyl (C=O) groups is 1. The van der Waals surface area contributed by atoms with Crippen molar-refractivity contribution >= 4 is 17.5 Å². The molecular weight excluding hydrogens is 354 g/mol. The lowest BCUT2D eigenvalue weighted by Gasteiger charge is -2.21. The SMILES string of the molecule is COc1ccc(-c2noc(C(C)(C)NC(=O)c3ccc(Cl)cc3)n2)cc1. The van der Waals surface area contributed by atoms with E-state index in [1.54, 1.807) is 45.2 Å². The molecule has 0 atom stereocenters. The number of hydrogen-bond acceptors (Lipinski definition) is 5. The molecule has 1 amide bonds. The third-order valence-electron chi connectivity index (χ3n) is 3.84. The summed E-state index contributed by atoms with van der Waals surface area (Å²) in [5.41, 5.74) is 0.451. The highest BCUT2D eigenvalue weighted by atomic mass is 35.5. The van der Waals surface area contributed by atoms with E-state index >= 15 is 0 Å². The van der Waals surface area contributed by atoms with Crippen molar-refractivity contribution in [2.24, 2.45) is 0 Å². The summed E-state index contributed by atoms with van der Waals surface area (Å²) in [6, 6.07) is 14.0. The molecule has 0 bridgehead atoms. The summed E-state index contributed by atoms with van der Waals surface area (Å²) in [6.45, 7) is 3.60. The molecule has 0 radical (unpaired) electrons. The lowest BCUT2D eigenvalue weighted by Crippen LogP contribution is -2.41. The molecule has 1 heterocycles. The number of ether oxygens (including phenoxy) is 1. The van der Waals surface area contributed by atoms with Gasteiger partial charge in [-0.1, -0.05) is 16.8 Å². The van der Waals surface area contributed by atoms with Gasteiger partial charge in [0.05, 0.1) is 7.11 Å². The van der Waals surface area contributed by atoms with Crippen molar-refractivity contribution in [1.29, 1.82) is 0 Å². The average Bonchev–Trinajstić information content (AvgIpc) is 3.13. The summed E-state index contributed by atoms with van der Waals surface area (Å²) in [7, 11) is 1.60. The number of nitrogens with zero attached hydrogens (tertiary/aromatic N) is 2. The minimum absolute atomic E-state index is 0.254. The largest absolute Gasteiger partial charge is 0.497 e. The molecule has 0 saturated carbocycles. The molecule has 134 valence electrons. The number of benzene rings is 2. The predicted molar refractivity (Wildman–Crippen MR) is 98.2 cm³/mol. The van der Waals surface area contributed by atoms with Crippen LogP contribution in [0.25, 0.3) is 11.4 Å². The maximum absolute atomic E-state index is 12.4. The lowest BCUT2D eigenvalue weighted by molar-refractivity contribution is 0.0895. The van der Waals surface area contributed by atoms with Crippen LogP contribution < -0.4 is 10.1 Å². The Morgan fingerprint density at radius 3 is 2.38 bits per heavy atom. The van der Waals surface area contributed by atoms with Crippen LogP contribution in [0, 0.1) is 0 Å². The Hall–Kier alpha value is -2.86. The second-order valence-electron chi connectivity index (χ2n) is 6.24. The Labute approximate surface area is 156 Å². The maximum Gasteiger partial charge on any atom is 0.252 e. The molecule has 3 rings (SSSR count). The van der Waals surface area contributed by atoms with Gasteiger partial charge in [0.2, 0.25) is 5.82 Å². The summed E-state index contributed by atoms with van der Waals surface area (Å²) in [6.07, 6.45) is 0. The van der Waals surface area contributed by atoms with Gasteiger partial charge < -0.3 is 14.6 Å². The van der Waals surface area contributed by atoms with Crippen LogP contribution in [0.15, 0.2) is 53.1 Å². The Morgan fingerprint density at radius 2 is 1.77 bits per heavy atom. The summed E-state index contributed by atoms with van der Waals surface area (Å²) >= 11 is 5.85. The van der Waals surface area contributed by atoms with Crippen LogP contribution in [-0.4, -0.2) is 23.2 Å². The number of halogens is 1. The minimum atomic E-state index is -0.839. The zero-order valence-corrected chi connectivity index (χ0v) is 15.4. The van der Waals surface area contributed by atoms with E-state index in [9.17, 15) is 4.79 Å². The molecule has 0 fully saturated rings. The zero-order valence-electron chi connectivity index (χ0n) is 14.6. The summed E-state index contributed by atoms with van der Waals surface area (Å²) in [5, 5.41) is 7.47. The van der Waals surface area contributed by atoms with Gasteiger partial charge in [0.1, 0.15) is 11.3 Å². The third kappa shape index (κ3) is 3.86. The molecule has 0 unspecified atom stereocenters. The van der Waals surface area contributed by atoms with Gasteiger partial charge in [-0.15, -0.1) is 0 Å². The fourth-order valence-electron chi connectivity index (χ4n) is 2.35. The van der Waals surface area contributed by atoms with Crippen molar-refractivity contribution in [3.63, 3.8) is 0 Å². The van der Waals surface area contributed by atoms with Crippen molar-refractivity contribution in [3.8, 4) is 17.1 Å². The first-order valence-corrected chi connectivity index (χ1v) is 8.33. The van der Waals surface area contributed by atoms with Crippen LogP contribution >= 0.6 is 11.6 Å². The first kappa shape index (κ1) is 17.9. The number of aromatic nitrogens is 2. The molecule has 26 heavy (non-hydrogen) atoms. The van der Waals surface area contributed by atoms with Crippen LogP contribution in [0.2, 0.25) is 5.02 Å². The van der Waals surface area contributed by atoms with Crippen molar-refractivity contribution < 1.29 is 14.1 Å². The van der Waals surface area contributed by atoms with Gasteiger partial charge in [-0.05, 0) is 62.4 Å². The highest BCUT2D eigenvalue weighted by Crippen LogP contribution is 2.24. The highest BCUT2D eigenvalue weighted by Gasteiger charge is 2.30. The molecule has 7 heteroatoms. The maximum atomic E-state index is 12.4. The first-order valence-electron chi connectivity index (χ1n) is 7.96. The van der Waals surface area contributed by atoms with Gasteiger partial charge in [0, 0.05) is 16.1 Å². The third-order valence-corrected chi connectivity index (χ3v) is 4.09. The number of hydrogen-bond donors (Lipinski definition) is 1. The molecule has 1 N–H and O–H groups in total. The average molecular weight is 372 g/mol. The number of nitrogens with one attached hydrogen (secondary N) is 1. The normalized spacial score (nSPS) is 11.2. The van der Waals surface area contributed by atoms with E-state index in [0.717, 1.165) is 11.3 Å². The molecular formula is C19H18ClN3O3. The van der Waals surface area contributed by atoms with E-state index in [0.29, 0.717) is 22.3 Å². The van der Waals surface area contributed by atoms with Gasteiger partial charge in [-0.25, -0.2) is 0 Å². The van der Waals surface area contributed by atoms with Crippen LogP contribution in [0.4, 0.5) is 0 Å². The number of methoxy groups -OCH3 is 1. The van der Waals surface area contributed by atoms with E-state index in [1.807, 2.05) is 24.3 Å². The fourth-order valence-corrected chi connectivity index (χ4v) is 2.47. The number of amides is 1. The second-order valence-corrected chi connectivity index (χ2v) is 6.67.